The molecule has 1 N–H and O–H groups in total. The number of ether oxygens (including phenoxy) is 1. The quantitative estimate of drug-likeness (QED) is 0.877. The highest BCUT2D eigenvalue weighted by Gasteiger charge is 2.29. The average Bonchev–Trinajstić information content (AvgIpc) is 2.18. The van der Waals surface area contributed by atoms with Gasteiger partial charge in [-0.2, -0.15) is 13.2 Å². The number of anilines is 1. The summed E-state index contributed by atoms with van der Waals surface area (Å²) in [5, 5.41) is 2.57. The van der Waals surface area contributed by atoms with E-state index in [0.717, 1.165) is 0 Å². The van der Waals surface area contributed by atoms with E-state index < -0.39 is 18.9 Å². The summed E-state index contributed by atoms with van der Waals surface area (Å²) in [6.07, 6.45) is -5.70. The van der Waals surface area contributed by atoms with Crippen LogP contribution in [0.4, 0.5) is 23.7 Å². The van der Waals surface area contributed by atoms with Crippen LogP contribution in [-0.2, 0) is 4.74 Å². The standard InChI is InChI=1S/C9H7ClF3NO2/c10-6-1-3-7(4-2-6)14-8(15)16-5-9(11,12)13/h1-4H,5H2,(H,14,15). The lowest BCUT2D eigenvalue weighted by Crippen LogP contribution is -2.23. The van der Waals surface area contributed by atoms with E-state index in [-0.39, 0.29) is 0 Å². The van der Waals surface area contributed by atoms with Crippen LogP contribution in [0, 0.1) is 0 Å². The number of hydrogen-bond acceptors (Lipinski definition) is 2. The van der Waals surface area contributed by atoms with Gasteiger partial charge >= 0.3 is 12.3 Å². The highest BCUT2D eigenvalue weighted by Crippen LogP contribution is 2.16. The third kappa shape index (κ3) is 4.88. The van der Waals surface area contributed by atoms with Crippen molar-refractivity contribution in [3.63, 3.8) is 0 Å². The highest BCUT2D eigenvalue weighted by atomic mass is 35.5. The molecule has 0 radical (unpaired) electrons. The van der Waals surface area contributed by atoms with E-state index in [9.17, 15) is 18.0 Å². The monoisotopic (exact) mass is 253 g/mol. The normalized spacial score (nSPS) is 11.0. The number of alkyl halides is 3. The Labute approximate surface area is 94.2 Å². The number of carbonyl (C=O) groups is 1. The lowest BCUT2D eigenvalue weighted by Gasteiger charge is -2.08. The van der Waals surface area contributed by atoms with Gasteiger partial charge in [0.05, 0.1) is 0 Å². The lowest BCUT2D eigenvalue weighted by molar-refractivity contribution is -0.159. The fourth-order valence-electron chi connectivity index (χ4n) is 0.835. The van der Waals surface area contributed by atoms with Crippen molar-refractivity contribution in [3.05, 3.63) is 29.3 Å². The van der Waals surface area contributed by atoms with Crippen LogP contribution in [0.3, 0.4) is 0 Å². The number of halogens is 4. The second kappa shape index (κ2) is 5.07. The van der Waals surface area contributed by atoms with Crippen LogP contribution in [0.5, 0.6) is 0 Å². The van der Waals surface area contributed by atoms with Crippen molar-refractivity contribution in [3.8, 4) is 0 Å². The minimum atomic E-state index is -4.53. The second-order valence-electron chi connectivity index (χ2n) is 2.82. The molecule has 0 heterocycles. The molecule has 0 bridgehead atoms. The Bertz CT molecular complexity index is 364. The summed E-state index contributed by atoms with van der Waals surface area (Å²) in [5.41, 5.74) is 0.302. The number of benzene rings is 1. The summed E-state index contributed by atoms with van der Waals surface area (Å²) in [7, 11) is 0. The van der Waals surface area contributed by atoms with Gasteiger partial charge in [-0.05, 0) is 24.3 Å². The maximum atomic E-state index is 11.7. The molecule has 0 aliphatic heterocycles. The fourth-order valence-corrected chi connectivity index (χ4v) is 0.961. The summed E-state index contributed by atoms with van der Waals surface area (Å²) in [6.45, 7) is -1.62. The Kier molecular flexibility index (Phi) is 4.00. The van der Waals surface area contributed by atoms with E-state index in [4.69, 9.17) is 11.6 Å². The van der Waals surface area contributed by atoms with Crippen LogP contribution >= 0.6 is 11.6 Å². The zero-order chi connectivity index (χ0) is 12.2. The van der Waals surface area contributed by atoms with Gasteiger partial charge in [-0.1, -0.05) is 11.6 Å². The molecule has 1 rings (SSSR count). The van der Waals surface area contributed by atoms with Crippen molar-refractivity contribution in [2.75, 3.05) is 11.9 Å². The van der Waals surface area contributed by atoms with Gasteiger partial charge in [-0.15, -0.1) is 0 Å². The molecule has 0 atom stereocenters. The third-order valence-electron chi connectivity index (χ3n) is 1.46. The van der Waals surface area contributed by atoms with Crippen molar-refractivity contribution in [2.45, 2.75) is 6.18 Å². The molecule has 7 heteroatoms. The van der Waals surface area contributed by atoms with E-state index in [1.807, 2.05) is 0 Å². The fraction of sp³-hybridized carbons (Fsp3) is 0.222. The lowest BCUT2D eigenvalue weighted by atomic mass is 10.3. The summed E-state index contributed by atoms with van der Waals surface area (Å²) < 4.78 is 39.0. The Morgan fingerprint density at radius 1 is 1.31 bits per heavy atom. The van der Waals surface area contributed by atoms with Crippen molar-refractivity contribution < 1.29 is 22.7 Å². The number of nitrogens with one attached hydrogen (secondary N) is 1. The Balaban J connectivity index is 2.43. The molecule has 1 aromatic carbocycles. The zero-order valence-electron chi connectivity index (χ0n) is 7.84. The van der Waals surface area contributed by atoms with Gasteiger partial charge < -0.3 is 4.74 Å². The molecule has 0 saturated heterocycles. The van der Waals surface area contributed by atoms with Gasteiger partial charge in [0.1, 0.15) is 0 Å². The molecule has 0 aliphatic rings. The van der Waals surface area contributed by atoms with E-state index in [1.54, 1.807) is 0 Å². The van der Waals surface area contributed by atoms with Crippen molar-refractivity contribution in [2.24, 2.45) is 0 Å². The average molecular weight is 254 g/mol. The molecule has 88 valence electrons. The van der Waals surface area contributed by atoms with Gasteiger partial charge in [0.2, 0.25) is 0 Å². The molecule has 1 amide bonds. The molecular weight excluding hydrogens is 247 g/mol. The van der Waals surface area contributed by atoms with Crippen LogP contribution in [0.1, 0.15) is 0 Å². The molecular formula is C9H7ClF3NO2. The van der Waals surface area contributed by atoms with Gasteiger partial charge in [0.25, 0.3) is 0 Å². The summed E-state index contributed by atoms with van der Waals surface area (Å²) in [6, 6.07) is 5.86. The molecule has 0 spiro atoms. The first-order chi connectivity index (χ1) is 7.37. The van der Waals surface area contributed by atoms with Crippen molar-refractivity contribution in [1.82, 2.24) is 0 Å². The van der Waals surface area contributed by atoms with Gasteiger partial charge in [0, 0.05) is 10.7 Å². The minimum Gasteiger partial charge on any atom is -0.440 e. The van der Waals surface area contributed by atoms with Gasteiger partial charge in [0.15, 0.2) is 6.61 Å². The molecule has 0 aliphatic carbocycles. The molecule has 0 unspecified atom stereocenters. The SMILES string of the molecule is O=C(Nc1ccc(Cl)cc1)OCC(F)(F)F. The van der Waals surface area contributed by atoms with Gasteiger partial charge in [-0.3, -0.25) is 5.32 Å². The molecule has 16 heavy (non-hydrogen) atoms. The van der Waals surface area contributed by atoms with Crippen LogP contribution in [0.2, 0.25) is 5.02 Å². The number of carbonyl (C=O) groups excluding carboxylic acids is 1. The molecule has 0 saturated carbocycles. The Hall–Kier alpha value is -1.43. The van der Waals surface area contributed by atoms with Crippen LogP contribution in [-0.4, -0.2) is 18.9 Å². The Morgan fingerprint density at radius 2 is 1.88 bits per heavy atom. The Morgan fingerprint density at radius 3 is 2.38 bits per heavy atom. The first-order valence-electron chi connectivity index (χ1n) is 4.13. The number of hydrogen-bond donors (Lipinski definition) is 1. The number of amides is 1. The summed E-state index contributed by atoms with van der Waals surface area (Å²) in [5.74, 6) is 0. The topological polar surface area (TPSA) is 38.3 Å². The smallest absolute Gasteiger partial charge is 0.422 e. The van der Waals surface area contributed by atoms with Crippen molar-refractivity contribution in [1.29, 1.82) is 0 Å². The first-order valence-corrected chi connectivity index (χ1v) is 4.51. The molecule has 3 nitrogen and oxygen atoms in total. The predicted molar refractivity (Wildman–Crippen MR) is 52.5 cm³/mol. The van der Waals surface area contributed by atoms with E-state index >= 15 is 0 Å². The van der Waals surface area contributed by atoms with E-state index in [2.05, 4.69) is 10.1 Å². The largest absolute Gasteiger partial charge is 0.440 e. The minimum absolute atomic E-state index is 0.302. The summed E-state index contributed by atoms with van der Waals surface area (Å²) >= 11 is 5.58. The number of rotatable bonds is 2. The van der Waals surface area contributed by atoms with E-state index in [1.165, 1.54) is 24.3 Å². The summed E-state index contributed by atoms with van der Waals surface area (Å²) in [4.78, 5) is 10.9. The van der Waals surface area contributed by atoms with Gasteiger partial charge in [-0.25, -0.2) is 4.79 Å². The van der Waals surface area contributed by atoms with Crippen LogP contribution in [0.15, 0.2) is 24.3 Å². The van der Waals surface area contributed by atoms with Crippen molar-refractivity contribution >= 4 is 23.4 Å². The van der Waals surface area contributed by atoms with Crippen LogP contribution in [0.25, 0.3) is 0 Å². The maximum absolute atomic E-state index is 11.7. The second-order valence-corrected chi connectivity index (χ2v) is 3.26. The third-order valence-corrected chi connectivity index (χ3v) is 1.71. The zero-order valence-corrected chi connectivity index (χ0v) is 8.60. The predicted octanol–water partition coefficient (Wildman–Crippen LogP) is 3.45. The highest BCUT2D eigenvalue weighted by molar-refractivity contribution is 6.30. The van der Waals surface area contributed by atoms with E-state index in [0.29, 0.717) is 10.7 Å². The maximum Gasteiger partial charge on any atom is 0.422 e. The first kappa shape index (κ1) is 12.6. The van der Waals surface area contributed by atoms with Crippen LogP contribution < -0.4 is 5.32 Å². The molecule has 0 aromatic heterocycles. The molecule has 0 fully saturated rings. The molecule has 1 aromatic rings.